The maximum absolute atomic E-state index is 4.50. The fourth-order valence-corrected chi connectivity index (χ4v) is 3.48. The molecular weight excluding hydrogens is 236 g/mol. The highest BCUT2D eigenvalue weighted by molar-refractivity contribution is 5.01. The average Bonchev–Trinajstić information content (AvgIpc) is 2.87. The number of nitrogens with one attached hydrogen (secondary N) is 1. The molecule has 0 spiro atoms. The molecule has 1 aromatic heterocycles. The van der Waals surface area contributed by atoms with Crippen LogP contribution >= 0.6 is 0 Å². The molecule has 106 valence electrons. The number of piperidine rings is 2. The molecule has 19 heavy (non-hydrogen) atoms. The largest absolute Gasteiger partial charge is 0.317 e. The maximum Gasteiger partial charge on any atom is 0.0646 e. The van der Waals surface area contributed by atoms with E-state index in [1.165, 1.54) is 64.0 Å². The zero-order valence-corrected chi connectivity index (χ0v) is 12.0. The van der Waals surface area contributed by atoms with Gasteiger partial charge >= 0.3 is 0 Å². The molecule has 0 radical (unpaired) electrons. The van der Waals surface area contributed by atoms with E-state index in [1.807, 2.05) is 6.20 Å². The molecule has 2 saturated heterocycles. The van der Waals surface area contributed by atoms with Gasteiger partial charge < -0.3 is 10.2 Å². The Hall–Kier alpha value is -0.870. The van der Waals surface area contributed by atoms with Gasteiger partial charge in [0.1, 0.15) is 0 Å². The molecule has 1 atom stereocenters. The van der Waals surface area contributed by atoms with E-state index in [-0.39, 0.29) is 0 Å². The molecule has 1 unspecified atom stereocenters. The van der Waals surface area contributed by atoms with Gasteiger partial charge in [-0.15, -0.1) is 0 Å². The second kappa shape index (κ2) is 6.06. The average molecular weight is 262 g/mol. The van der Waals surface area contributed by atoms with E-state index in [2.05, 4.69) is 33.1 Å². The summed E-state index contributed by atoms with van der Waals surface area (Å²) in [6.45, 7) is 8.30. The fourth-order valence-electron chi connectivity index (χ4n) is 3.48. The van der Waals surface area contributed by atoms with Crippen LogP contribution in [0.2, 0.25) is 0 Å². The van der Waals surface area contributed by atoms with Crippen molar-refractivity contribution in [3.05, 3.63) is 18.0 Å². The Bertz CT molecular complexity index is 395. The normalized spacial score (nSPS) is 26.7. The molecule has 4 nitrogen and oxygen atoms in total. The first-order valence-corrected chi connectivity index (χ1v) is 7.75. The number of aryl methyl sites for hydroxylation is 1. The highest BCUT2D eigenvalue weighted by atomic mass is 15.3. The number of hydrogen-bond acceptors (Lipinski definition) is 3. The van der Waals surface area contributed by atoms with Crippen molar-refractivity contribution in [2.75, 3.05) is 32.7 Å². The van der Waals surface area contributed by atoms with Crippen molar-refractivity contribution in [3.8, 4) is 0 Å². The van der Waals surface area contributed by atoms with Crippen LogP contribution in [0, 0.1) is 12.8 Å². The third-order valence-corrected chi connectivity index (χ3v) is 4.56. The molecule has 1 aromatic rings. The van der Waals surface area contributed by atoms with E-state index in [9.17, 15) is 0 Å². The lowest BCUT2D eigenvalue weighted by Crippen LogP contribution is -2.41. The molecule has 0 aromatic carbocycles. The van der Waals surface area contributed by atoms with E-state index in [4.69, 9.17) is 0 Å². The van der Waals surface area contributed by atoms with E-state index >= 15 is 0 Å². The van der Waals surface area contributed by atoms with Gasteiger partial charge in [-0.05, 0) is 63.7 Å². The lowest BCUT2D eigenvalue weighted by atomic mass is 9.96. The Morgan fingerprint density at radius 2 is 2.16 bits per heavy atom. The molecule has 0 bridgehead atoms. The van der Waals surface area contributed by atoms with Crippen LogP contribution in [0.5, 0.6) is 0 Å². The molecule has 1 N–H and O–H groups in total. The molecule has 2 aliphatic heterocycles. The third-order valence-electron chi connectivity index (χ3n) is 4.56. The maximum atomic E-state index is 4.50. The summed E-state index contributed by atoms with van der Waals surface area (Å²) in [5.41, 5.74) is 1.27. The van der Waals surface area contributed by atoms with Gasteiger partial charge in [-0.1, -0.05) is 0 Å². The van der Waals surface area contributed by atoms with Gasteiger partial charge in [0.05, 0.1) is 12.2 Å². The van der Waals surface area contributed by atoms with Crippen LogP contribution in [0.3, 0.4) is 0 Å². The standard InChI is InChI=1S/C15H26N4/c1-13-9-17-19(10-13)15-3-2-8-18(12-15)11-14-4-6-16-7-5-14/h9-10,14-16H,2-8,11-12H2,1H3. The second-order valence-electron chi connectivity index (χ2n) is 6.25. The number of aromatic nitrogens is 2. The van der Waals surface area contributed by atoms with E-state index in [0.29, 0.717) is 6.04 Å². The van der Waals surface area contributed by atoms with Crippen molar-refractivity contribution >= 4 is 0 Å². The van der Waals surface area contributed by atoms with Crippen LogP contribution in [0.15, 0.2) is 12.4 Å². The fraction of sp³-hybridized carbons (Fsp3) is 0.800. The van der Waals surface area contributed by atoms with E-state index < -0.39 is 0 Å². The first kappa shape index (κ1) is 13.1. The third kappa shape index (κ3) is 3.37. The number of hydrogen-bond donors (Lipinski definition) is 1. The Balaban J connectivity index is 1.55. The van der Waals surface area contributed by atoms with Crippen molar-refractivity contribution in [2.24, 2.45) is 5.92 Å². The van der Waals surface area contributed by atoms with Crippen molar-refractivity contribution in [2.45, 2.75) is 38.6 Å². The summed E-state index contributed by atoms with van der Waals surface area (Å²) in [5, 5.41) is 7.96. The monoisotopic (exact) mass is 262 g/mol. The topological polar surface area (TPSA) is 33.1 Å². The summed E-state index contributed by atoms with van der Waals surface area (Å²) in [6, 6.07) is 0.587. The van der Waals surface area contributed by atoms with Crippen molar-refractivity contribution in [3.63, 3.8) is 0 Å². The quantitative estimate of drug-likeness (QED) is 0.902. The summed E-state index contributed by atoms with van der Waals surface area (Å²) >= 11 is 0. The van der Waals surface area contributed by atoms with Gasteiger partial charge in [0.15, 0.2) is 0 Å². The first-order valence-electron chi connectivity index (χ1n) is 7.75. The molecule has 4 heteroatoms. The number of nitrogens with zero attached hydrogens (tertiary/aromatic N) is 3. The van der Waals surface area contributed by atoms with Crippen LogP contribution in [0.4, 0.5) is 0 Å². The summed E-state index contributed by atoms with van der Waals surface area (Å²) < 4.78 is 2.18. The van der Waals surface area contributed by atoms with Crippen molar-refractivity contribution in [1.29, 1.82) is 0 Å². The van der Waals surface area contributed by atoms with Gasteiger partial charge in [-0.3, -0.25) is 4.68 Å². The summed E-state index contributed by atoms with van der Waals surface area (Å²) in [7, 11) is 0. The number of rotatable bonds is 3. The van der Waals surface area contributed by atoms with Gasteiger partial charge in [0, 0.05) is 19.3 Å². The first-order chi connectivity index (χ1) is 9.31. The van der Waals surface area contributed by atoms with Crippen LogP contribution in [-0.2, 0) is 0 Å². The van der Waals surface area contributed by atoms with Crippen LogP contribution in [-0.4, -0.2) is 47.4 Å². The molecule has 3 heterocycles. The van der Waals surface area contributed by atoms with E-state index in [0.717, 1.165) is 5.92 Å². The highest BCUT2D eigenvalue weighted by Gasteiger charge is 2.24. The Morgan fingerprint density at radius 3 is 2.89 bits per heavy atom. The predicted octanol–water partition coefficient (Wildman–Crippen LogP) is 1.83. The molecule has 0 amide bonds. The van der Waals surface area contributed by atoms with Crippen LogP contribution in [0.25, 0.3) is 0 Å². The molecule has 2 aliphatic rings. The molecule has 0 saturated carbocycles. The minimum Gasteiger partial charge on any atom is -0.317 e. The zero-order chi connectivity index (χ0) is 13.1. The Labute approximate surface area is 116 Å². The minimum atomic E-state index is 0.587. The lowest BCUT2D eigenvalue weighted by molar-refractivity contribution is 0.137. The lowest BCUT2D eigenvalue weighted by Gasteiger charge is -2.36. The summed E-state index contributed by atoms with van der Waals surface area (Å²) in [4.78, 5) is 2.67. The molecular formula is C15H26N4. The van der Waals surface area contributed by atoms with Gasteiger partial charge in [0.2, 0.25) is 0 Å². The van der Waals surface area contributed by atoms with Crippen molar-refractivity contribution in [1.82, 2.24) is 20.0 Å². The molecule has 3 rings (SSSR count). The SMILES string of the molecule is Cc1cnn(C2CCCN(CC3CCNCC3)C2)c1. The smallest absolute Gasteiger partial charge is 0.0646 e. The highest BCUT2D eigenvalue weighted by Crippen LogP contribution is 2.23. The van der Waals surface area contributed by atoms with Crippen LogP contribution in [0.1, 0.15) is 37.3 Å². The zero-order valence-electron chi connectivity index (χ0n) is 12.0. The van der Waals surface area contributed by atoms with Gasteiger partial charge in [0.25, 0.3) is 0 Å². The molecule has 2 fully saturated rings. The van der Waals surface area contributed by atoms with Gasteiger partial charge in [-0.25, -0.2) is 0 Å². The van der Waals surface area contributed by atoms with Crippen molar-refractivity contribution < 1.29 is 0 Å². The Morgan fingerprint density at radius 1 is 1.32 bits per heavy atom. The summed E-state index contributed by atoms with van der Waals surface area (Å²) in [6.07, 6.45) is 9.47. The second-order valence-corrected chi connectivity index (χ2v) is 6.25. The summed E-state index contributed by atoms with van der Waals surface area (Å²) in [5.74, 6) is 0.902. The predicted molar refractivity (Wildman–Crippen MR) is 77.3 cm³/mol. The number of likely N-dealkylation sites (tertiary alicyclic amines) is 1. The van der Waals surface area contributed by atoms with Gasteiger partial charge in [-0.2, -0.15) is 5.10 Å². The molecule has 0 aliphatic carbocycles. The van der Waals surface area contributed by atoms with Crippen LogP contribution < -0.4 is 5.32 Å². The minimum absolute atomic E-state index is 0.587. The Kier molecular flexibility index (Phi) is 4.18. The van der Waals surface area contributed by atoms with E-state index in [1.54, 1.807) is 0 Å².